The number of alkyl carbamates (subject to hydrolysis) is 1. The molecule has 0 aromatic heterocycles. The van der Waals surface area contributed by atoms with E-state index >= 15 is 0 Å². The smallest absolute Gasteiger partial charge is 0.407 e. The number of hydrogen-bond acceptors (Lipinski definition) is 3. The number of hydrogen-bond donors (Lipinski definition) is 2. The van der Waals surface area contributed by atoms with Gasteiger partial charge in [0.2, 0.25) is 0 Å². The Morgan fingerprint density at radius 2 is 2.04 bits per heavy atom. The highest BCUT2D eigenvalue weighted by molar-refractivity contribution is 9.10. The van der Waals surface area contributed by atoms with Crippen LogP contribution in [0.3, 0.4) is 0 Å². The molecule has 2 amide bonds. The molecule has 0 saturated carbocycles. The third kappa shape index (κ3) is 6.99. The van der Waals surface area contributed by atoms with Crippen molar-refractivity contribution in [2.24, 2.45) is 5.92 Å². The first-order chi connectivity index (χ1) is 10.8. The Kier molecular flexibility index (Phi) is 8.02. The van der Waals surface area contributed by atoms with Gasteiger partial charge in [0.15, 0.2) is 0 Å². The average molecular weight is 389 g/mol. The van der Waals surface area contributed by atoms with Crippen molar-refractivity contribution in [1.29, 1.82) is 0 Å². The van der Waals surface area contributed by atoms with Gasteiger partial charge < -0.3 is 15.4 Å². The average Bonchev–Trinajstić information content (AvgIpc) is 2.44. The Morgan fingerprint density at radius 1 is 1.35 bits per heavy atom. The van der Waals surface area contributed by atoms with E-state index in [4.69, 9.17) is 4.74 Å². The minimum absolute atomic E-state index is 0.239. The Balaban J connectivity index is 2.65. The highest BCUT2D eigenvalue weighted by Crippen LogP contribution is 2.17. The summed E-state index contributed by atoms with van der Waals surface area (Å²) >= 11 is 3.17. The molecule has 0 unspecified atom stereocenters. The Labute approximate surface area is 144 Å². The molecule has 128 valence electrons. The molecule has 0 aliphatic rings. The van der Waals surface area contributed by atoms with Crippen molar-refractivity contribution in [3.8, 4) is 0 Å². The van der Waals surface area contributed by atoms with Crippen LogP contribution in [0.2, 0.25) is 0 Å². The topological polar surface area (TPSA) is 67.4 Å². The summed E-state index contributed by atoms with van der Waals surface area (Å²) in [6.45, 7) is 6.33. The van der Waals surface area contributed by atoms with Gasteiger partial charge in [-0.1, -0.05) is 13.8 Å². The van der Waals surface area contributed by atoms with E-state index in [-0.39, 0.29) is 25.1 Å². The standard InChI is InChI=1S/C16H22BrFN2O3/c1-4-23-16(22)20-12(7-10(2)3)9-19-15(21)13-6-5-11(18)8-14(13)17/h5-6,8,10,12H,4,7,9H2,1-3H3,(H,19,21)(H,20,22)/t12-/m1/s1. The van der Waals surface area contributed by atoms with Crippen LogP contribution >= 0.6 is 15.9 Å². The lowest BCUT2D eigenvalue weighted by Crippen LogP contribution is -2.44. The fourth-order valence-corrected chi connectivity index (χ4v) is 2.62. The number of halogens is 2. The van der Waals surface area contributed by atoms with Crippen LogP contribution in [0.1, 0.15) is 37.6 Å². The zero-order valence-electron chi connectivity index (χ0n) is 13.5. The highest BCUT2D eigenvalue weighted by Gasteiger charge is 2.17. The monoisotopic (exact) mass is 388 g/mol. The molecule has 1 aromatic carbocycles. The largest absolute Gasteiger partial charge is 0.450 e. The van der Waals surface area contributed by atoms with Crippen molar-refractivity contribution < 1.29 is 18.7 Å². The summed E-state index contributed by atoms with van der Waals surface area (Å²) < 4.78 is 18.3. The van der Waals surface area contributed by atoms with E-state index in [0.29, 0.717) is 22.4 Å². The SMILES string of the molecule is CCOC(=O)N[C@@H](CNC(=O)c1ccc(F)cc1Br)CC(C)C. The van der Waals surface area contributed by atoms with Gasteiger partial charge in [0.1, 0.15) is 5.82 Å². The Bertz CT molecular complexity index is 552. The molecule has 0 saturated heterocycles. The third-order valence-electron chi connectivity index (χ3n) is 3.04. The van der Waals surface area contributed by atoms with E-state index in [0.717, 1.165) is 0 Å². The van der Waals surface area contributed by atoms with Crippen LogP contribution in [0.5, 0.6) is 0 Å². The van der Waals surface area contributed by atoms with Crippen LogP contribution < -0.4 is 10.6 Å². The van der Waals surface area contributed by atoms with Crippen LogP contribution in [0.25, 0.3) is 0 Å². The summed E-state index contributed by atoms with van der Waals surface area (Å²) in [7, 11) is 0. The van der Waals surface area contributed by atoms with E-state index < -0.39 is 11.9 Å². The number of rotatable bonds is 7. The first kappa shape index (κ1) is 19.4. The minimum Gasteiger partial charge on any atom is -0.450 e. The second kappa shape index (κ2) is 9.50. The van der Waals surface area contributed by atoms with Gasteiger partial charge in [-0.25, -0.2) is 9.18 Å². The first-order valence-electron chi connectivity index (χ1n) is 7.50. The summed E-state index contributed by atoms with van der Waals surface area (Å²) in [6.07, 6.45) is 0.194. The molecule has 2 N–H and O–H groups in total. The van der Waals surface area contributed by atoms with Gasteiger partial charge in [0, 0.05) is 17.1 Å². The molecule has 0 aliphatic heterocycles. The molecule has 1 rings (SSSR count). The lowest BCUT2D eigenvalue weighted by atomic mass is 10.0. The van der Waals surface area contributed by atoms with Gasteiger partial charge in [-0.15, -0.1) is 0 Å². The van der Waals surface area contributed by atoms with Gasteiger partial charge in [-0.2, -0.15) is 0 Å². The molecule has 0 spiro atoms. The van der Waals surface area contributed by atoms with E-state index in [1.807, 2.05) is 13.8 Å². The highest BCUT2D eigenvalue weighted by atomic mass is 79.9. The molecule has 0 aliphatic carbocycles. The lowest BCUT2D eigenvalue weighted by molar-refractivity contribution is 0.0943. The van der Waals surface area contributed by atoms with Crippen molar-refractivity contribution in [3.05, 3.63) is 34.1 Å². The van der Waals surface area contributed by atoms with Crippen molar-refractivity contribution in [2.75, 3.05) is 13.2 Å². The maximum Gasteiger partial charge on any atom is 0.407 e. The third-order valence-corrected chi connectivity index (χ3v) is 3.69. The fraction of sp³-hybridized carbons (Fsp3) is 0.500. The van der Waals surface area contributed by atoms with Crippen molar-refractivity contribution in [3.63, 3.8) is 0 Å². The molecule has 1 atom stereocenters. The summed E-state index contributed by atoms with van der Waals surface area (Å²) in [5, 5.41) is 5.48. The summed E-state index contributed by atoms with van der Waals surface area (Å²) in [5.41, 5.74) is 0.339. The van der Waals surface area contributed by atoms with Crippen LogP contribution in [0, 0.1) is 11.7 Å². The van der Waals surface area contributed by atoms with Crippen LogP contribution in [0.15, 0.2) is 22.7 Å². The van der Waals surface area contributed by atoms with Crippen LogP contribution in [-0.2, 0) is 4.74 Å². The number of amides is 2. The Morgan fingerprint density at radius 3 is 2.61 bits per heavy atom. The van der Waals surface area contributed by atoms with E-state index in [2.05, 4.69) is 26.6 Å². The number of carbonyl (C=O) groups excluding carboxylic acids is 2. The molecule has 0 fully saturated rings. The second-order valence-electron chi connectivity index (χ2n) is 5.53. The van der Waals surface area contributed by atoms with Crippen molar-refractivity contribution >= 4 is 27.9 Å². The molecular formula is C16H22BrFN2O3. The molecule has 0 heterocycles. The molecule has 5 nitrogen and oxygen atoms in total. The zero-order chi connectivity index (χ0) is 17.4. The molecule has 1 aromatic rings. The molecule has 0 radical (unpaired) electrons. The quantitative estimate of drug-likeness (QED) is 0.751. The van der Waals surface area contributed by atoms with Crippen LogP contribution in [0.4, 0.5) is 9.18 Å². The van der Waals surface area contributed by atoms with Gasteiger partial charge in [0.05, 0.1) is 12.2 Å². The van der Waals surface area contributed by atoms with Crippen molar-refractivity contribution in [2.45, 2.75) is 33.2 Å². The van der Waals surface area contributed by atoms with Crippen LogP contribution in [-0.4, -0.2) is 31.2 Å². The van der Waals surface area contributed by atoms with Crippen molar-refractivity contribution in [1.82, 2.24) is 10.6 Å². The minimum atomic E-state index is -0.504. The fourth-order valence-electron chi connectivity index (χ4n) is 2.09. The predicted molar refractivity (Wildman–Crippen MR) is 89.8 cm³/mol. The number of carbonyl (C=O) groups is 2. The van der Waals surface area contributed by atoms with Gasteiger partial charge in [-0.05, 0) is 53.4 Å². The molecular weight excluding hydrogens is 367 g/mol. The van der Waals surface area contributed by atoms with E-state index in [1.165, 1.54) is 18.2 Å². The predicted octanol–water partition coefficient (Wildman–Crippen LogP) is 3.48. The van der Waals surface area contributed by atoms with Gasteiger partial charge >= 0.3 is 6.09 Å². The van der Waals surface area contributed by atoms with Gasteiger partial charge in [0.25, 0.3) is 5.91 Å². The number of ether oxygens (including phenoxy) is 1. The summed E-state index contributed by atoms with van der Waals surface area (Å²) in [4.78, 5) is 23.7. The van der Waals surface area contributed by atoms with E-state index in [9.17, 15) is 14.0 Å². The normalized spacial score (nSPS) is 11.9. The maximum absolute atomic E-state index is 13.1. The second-order valence-corrected chi connectivity index (χ2v) is 6.38. The molecule has 23 heavy (non-hydrogen) atoms. The molecule has 0 bridgehead atoms. The number of benzene rings is 1. The van der Waals surface area contributed by atoms with Gasteiger partial charge in [-0.3, -0.25) is 4.79 Å². The lowest BCUT2D eigenvalue weighted by Gasteiger charge is -2.21. The first-order valence-corrected chi connectivity index (χ1v) is 8.29. The van der Waals surface area contributed by atoms with E-state index in [1.54, 1.807) is 6.92 Å². The summed E-state index contributed by atoms with van der Waals surface area (Å²) in [6, 6.07) is 3.63. The zero-order valence-corrected chi connectivity index (χ0v) is 15.1. The Hall–Kier alpha value is -1.63. The number of nitrogens with one attached hydrogen (secondary N) is 2. The summed E-state index contributed by atoms with van der Waals surface area (Å²) in [5.74, 6) is -0.414. The maximum atomic E-state index is 13.1. The molecule has 7 heteroatoms.